The fraction of sp³-hybridized carbons (Fsp3) is 0.750. The smallest absolute Gasteiger partial charge is 0.136 e. The quantitative estimate of drug-likeness (QED) is 0.596. The number of carbonyl (C=O) groups is 1. The molecule has 0 aromatic rings. The monoisotopic (exact) mass is 180 g/mol. The predicted molar refractivity (Wildman–Crippen MR) is 55.5 cm³/mol. The lowest BCUT2D eigenvalue weighted by atomic mass is 9.62. The molecule has 0 heterocycles. The van der Waals surface area contributed by atoms with E-state index >= 15 is 0 Å². The third kappa shape index (κ3) is 2.01. The van der Waals surface area contributed by atoms with Gasteiger partial charge in [-0.1, -0.05) is 26.8 Å². The summed E-state index contributed by atoms with van der Waals surface area (Å²) in [5.41, 5.74) is 0.307. The van der Waals surface area contributed by atoms with Gasteiger partial charge in [0, 0.05) is 12.3 Å². The average Bonchev–Trinajstić information content (AvgIpc) is 2.07. The van der Waals surface area contributed by atoms with Crippen LogP contribution in [0.4, 0.5) is 0 Å². The number of rotatable bonds is 2. The zero-order chi connectivity index (χ0) is 10.1. The Bertz CT molecular complexity index is 215. The van der Waals surface area contributed by atoms with Crippen LogP contribution in [-0.4, -0.2) is 5.78 Å². The molecule has 0 radical (unpaired) electrons. The normalized spacial score (nSPS) is 33.0. The first-order valence-electron chi connectivity index (χ1n) is 5.12. The fourth-order valence-corrected chi connectivity index (χ4v) is 2.46. The van der Waals surface area contributed by atoms with Crippen LogP contribution in [0.15, 0.2) is 12.7 Å². The molecule has 1 rings (SSSR count). The summed E-state index contributed by atoms with van der Waals surface area (Å²) in [7, 11) is 0. The SMILES string of the molecule is C=CC[C@H]1[C@@H](C)C(=O)CCC1(C)C. The van der Waals surface area contributed by atoms with Crippen LogP contribution < -0.4 is 0 Å². The molecule has 1 fully saturated rings. The van der Waals surface area contributed by atoms with Crippen LogP contribution in [0.3, 0.4) is 0 Å². The van der Waals surface area contributed by atoms with E-state index in [-0.39, 0.29) is 5.92 Å². The summed E-state index contributed by atoms with van der Waals surface area (Å²) in [5.74, 6) is 1.15. The van der Waals surface area contributed by atoms with Crippen LogP contribution in [0.5, 0.6) is 0 Å². The van der Waals surface area contributed by atoms with E-state index < -0.39 is 0 Å². The van der Waals surface area contributed by atoms with Gasteiger partial charge in [-0.05, 0) is 24.2 Å². The van der Waals surface area contributed by atoms with Crippen molar-refractivity contribution in [2.24, 2.45) is 17.3 Å². The van der Waals surface area contributed by atoms with Crippen molar-refractivity contribution in [1.82, 2.24) is 0 Å². The van der Waals surface area contributed by atoms with Gasteiger partial charge in [0.15, 0.2) is 0 Å². The predicted octanol–water partition coefficient (Wildman–Crippen LogP) is 3.20. The van der Waals surface area contributed by atoms with E-state index in [0.29, 0.717) is 17.1 Å². The van der Waals surface area contributed by atoms with Gasteiger partial charge in [-0.2, -0.15) is 0 Å². The van der Waals surface area contributed by atoms with E-state index in [2.05, 4.69) is 27.4 Å². The molecule has 0 amide bonds. The number of ketones is 1. The minimum atomic E-state index is 0.224. The van der Waals surface area contributed by atoms with Crippen LogP contribution in [0.1, 0.15) is 40.0 Å². The Hall–Kier alpha value is -0.590. The topological polar surface area (TPSA) is 17.1 Å². The molecule has 0 N–H and O–H groups in total. The van der Waals surface area contributed by atoms with Crippen molar-refractivity contribution in [2.45, 2.75) is 40.0 Å². The summed E-state index contributed by atoms with van der Waals surface area (Å²) in [6.07, 6.45) is 4.72. The number of hydrogen-bond donors (Lipinski definition) is 0. The Morgan fingerprint density at radius 3 is 2.77 bits per heavy atom. The standard InChI is InChI=1S/C12H20O/c1-5-6-10-9(2)11(13)7-8-12(10,3)4/h5,9-10H,1,6-8H2,2-4H3/t9-,10+/m1/s1. The molecule has 74 valence electrons. The molecular formula is C12H20O. The Balaban J connectivity index is 2.81. The second-order valence-electron chi connectivity index (χ2n) is 4.87. The third-order valence-electron chi connectivity index (χ3n) is 3.55. The molecule has 1 heteroatoms. The maximum absolute atomic E-state index is 11.5. The van der Waals surface area contributed by atoms with E-state index in [4.69, 9.17) is 0 Å². The van der Waals surface area contributed by atoms with Gasteiger partial charge >= 0.3 is 0 Å². The molecule has 2 atom stereocenters. The molecule has 0 aliphatic heterocycles. The summed E-state index contributed by atoms with van der Waals surface area (Å²) in [6, 6.07) is 0. The Morgan fingerprint density at radius 1 is 1.62 bits per heavy atom. The van der Waals surface area contributed by atoms with E-state index in [9.17, 15) is 4.79 Å². The lowest BCUT2D eigenvalue weighted by Gasteiger charge is -2.41. The summed E-state index contributed by atoms with van der Waals surface area (Å²) in [4.78, 5) is 11.5. The molecule has 0 spiro atoms. The van der Waals surface area contributed by atoms with E-state index in [1.807, 2.05) is 6.08 Å². The minimum absolute atomic E-state index is 0.224. The number of Topliss-reactive ketones (excluding diaryl/α,β-unsaturated/α-hetero) is 1. The highest BCUT2D eigenvalue weighted by Crippen LogP contribution is 2.44. The van der Waals surface area contributed by atoms with Gasteiger partial charge in [-0.15, -0.1) is 6.58 Å². The van der Waals surface area contributed by atoms with Crippen molar-refractivity contribution in [3.05, 3.63) is 12.7 Å². The minimum Gasteiger partial charge on any atom is -0.299 e. The molecular weight excluding hydrogens is 160 g/mol. The molecule has 0 saturated heterocycles. The first kappa shape index (κ1) is 10.5. The van der Waals surface area contributed by atoms with E-state index in [0.717, 1.165) is 19.3 Å². The van der Waals surface area contributed by atoms with Crippen molar-refractivity contribution in [3.8, 4) is 0 Å². The van der Waals surface area contributed by atoms with Crippen molar-refractivity contribution in [2.75, 3.05) is 0 Å². The fourth-order valence-electron chi connectivity index (χ4n) is 2.46. The maximum atomic E-state index is 11.5. The summed E-state index contributed by atoms with van der Waals surface area (Å²) in [6.45, 7) is 10.4. The van der Waals surface area contributed by atoms with Crippen LogP contribution in [-0.2, 0) is 4.79 Å². The molecule has 1 aliphatic rings. The molecule has 1 nitrogen and oxygen atoms in total. The van der Waals surface area contributed by atoms with Crippen molar-refractivity contribution < 1.29 is 4.79 Å². The number of hydrogen-bond acceptors (Lipinski definition) is 1. The Morgan fingerprint density at radius 2 is 2.23 bits per heavy atom. The second kappa shape index (κ2) is 3.65. The Labute approximate surface area is 81.2 Å². The zero-order valence-electron chi connectivity index (χ0n) is 8.97. The molecule has 0 bridgehead atoms. The first-order valence-corrected chi connectivity index (χ1v) is 5.12. The summed E-state index contributed by atoms with van der Waals surface area (Å²) < 4.78 is 0. The van der Waals surface area contributed by atoms with Crippen molar-refractivity contribution in [3.63, 3.8) is 0 Å². The number of carbonyl (C=O) groups excluding carboxylic acids is 1. The van der Waals surface area contributed by atoms with Gasteiger partial charge in [-0.25, -0.2) is 0 Å². The van der Waals surface area contributed by atoms with Gasteiger partial charge in [0.1, 0.15) is 5.78 Å². The second-order valence-corrected chi connectivity index (χ2v) is 4.87. The highest BCUT2D eigenvalue weighted by molar-refractivity contribution is 5.82. The zero-order valence-corrected chi connectivity index (χ0v) is 8.97. The van der Waals surface area contributed by atoms with Gasteiger partial charge < -0.3 is 0 Å². The van der Waals surface area contributed by atoms with E-state index in [1.165, 1.54) is 0 Å². The lowest BCUT2D eigenvalue weighted by Crippen LogP contribution is -2.38. The van der Waals surface area contributed by atoms with Crippen LogP contribution >= 0.6 is 0 Å². The molecule has 13 heavy (non-hydrogen) atoms. The highest BCUT2D eigenvalue weighted by Gasteiger charge is 2.39. The van der Waals surface area contributed by atoms with Gasteiger partial charge in [0.05, 0.1) is 0 Å². The highest BCUT2D eigenvalue weighted by atomic mass is 16.1. The molecule has 0 aromatic heterocycles. The van der Waals surface area contributed by atoms with Gasteiger partial charge in [0.2, 0.25) is 0 Å². The van der Waals surface area contributed by atoms with Gasteiger partial charge in [-0.3, -0.25) is 4.79 Å². The number of allylic oxidation sites excluding steroid dienone is 1. The third-order valence-corrected chi connectivity index (χ3v) is 3.55. The van der Waals surface area contributed by atoms with Crippen LogP contribution in [0.2, 0.25) is 0 Å². The van der Waals surface area contributed by atoms with Crippen LogP contribution in [0.25, 0.3) is 0 Å². The summed E-state index contributed by atoms with van der Waals surface area (Å²) in [5, 5.41) is 0. The molecule has 1 aliphatic carbocycles. The van der Waals surface area contributed by atoms with Crippen molar-refractivity contribution in [1.29, 1.82) is 0 Å². The van der Waals surface area contributed by atoms with Crippen LogP contribution in [0, 0.1) is 17.3 Å². The van der Waals surface area contributed by atoms with Crippen molar-refractivity contribution >= 4 is 5.78 Å². The maximum Gasteiger partial charge on any atom is 0.136 e. The first-order chi connectivity index (χ1) is 5.99. The molecule has 0 unspecified atom stereocenters. The summed E-state index contributed by atoms with van der Waals surface area (Å²) >= 11 is 0. The molecule has 0 aromatic carbocycles. The Kier molecular flexibility index (Phi) is 2.94. The van der Waals surface area contributed by atoms with E-state index in [1.54, 1.807) is 0 Å². The van der Waals surface area contributed by atoms with Gasteiger partial charge in [0.25, 0.3) is 0 Å². The lowest BCUT2D eigenvalue weighted by molar-refractivity contribution is -0.130. The molecule has 1 saturated carbocycles. The average molecular weight is 180 g/mol. The largest absolute Gasteiger partial charge is 0.299 e.